The molecular formula is C12H12BrClN2S. The summed E-state index contributed by atoms with van der Waals surface area (Å²) < 4.78 is 0.915. The zero-order chi connectivity index (χ0) is 12.6. The van der Waals surface area contributed by atoms with Crippen LogP contribution in [0.5, 0.6) is 0 Å². The van der Waals surface area contributed by atoms with Crippen molar-refractivity contribution >= 4 is 44.0 Å². The van der Waals surface area contributed by atoms with E-state index in [9.17, 15) is 0 Å². The molecule has 2 nitrogen and oxygen atoms in total. The number of halogens is 2. The van der Waals surface area contributed by atoms with Crippen LogP contribution in [0.3, 0.4) is 0 Å². The summed E-state index contributed by atoms with van der Waals surface area (Å²) >= 11 is 11.0. The van der Waals surface area contributed by atoms with E-state index in [1.165, 1.54) is 10.4 Å². The number of aryl methyl sites for hydroxylation is 1. The summed E-state index contributed by atoms with van der Waals surface area (Å²) in [6, 6.07) is 5.98. The van der Waals surface area contributed by atoms with Crippen LogP contribution in [0.4, 0.5) is 5.13 Å². The second kappa shape index (κ2) is 4.96. The molecule has 1 aromatic heterocycles. The van der Waals surface area contributed by atoms with Gasteiger partial charge in [0.2, 0.25) is 0 Å². The maximum Gasteiger partial charge on any atom is 0.180 e. The number of benzene rings is 1. The van der Waals surface area contributed by atoms with Gasteiger partial charge in [0.05, 0.1) is 10.7 Å². The van der Waals surface area contributed by atoms with Gasteiger partial charge in [0.1, 0.15) is 0 Å². The SMILES string of the molecule is Cc1nc(N)sc1C(C)c1ccc(Cl)c(Br)c1. The van der Waals surface area contributed by atoms with Crippen LogP contribution in [0.1, 0.15) is 29.0 Å². The molecule has 0 aliphatic heterocycles. The van der Waals surface area contributed by atoms with Crippen LogP contribution >= 0.6 is 38.9 Å². The highest BCUT2D eigenvalue weighted by Gasteiger charge is 2.16. The standard InChI is InChI=1S/C12H12BrClN2S/c1-6(11-7(2)16-12(15)17-11)8-3-4-10(14)9(13)5-8/h3-6H,1-2H3,(H2,15,16). The summed E-state index contributed by atoms with van der Waals surface area (Å²) in [6.45, 7) is 4.14. The molecule has 1 heterocycles. The van der Waals surface area contributed by atoms with Gasteiger partial charge in [-0.15, -0.1) is 11.3 Å². The van der Waals surface area contributed by atoms with Gasteiger partial charge in [0.15, 0.2) is 5.13 Å². The lowest BCUT2D eigenvalue weighted by Gasteiger charge is -2.11. The number of nitrogen functional groups attached to an aromatic ring is 1. The lowest BCUT2D eigenvalue weighted by atomic mass is 9.99. The van der Waals surface area contributed by atoms with Gasteiger partial charge in [0, 0.05) is 15.3 Å². The number of rotatable bonds is 2. The lowest BCUT2D eigenvalue weighted by molar-refractivity contribution is 0.926. The average Bonchev–Trinajstić information content (AvgIpc) is 2.61. The molecule has 0 radical (unpaired) electrons. The second-order valence-electron chi connectivity index (χ2n) is 3.90. The van der Waals surface area contributed by atoms with Crippen molar-refractivity contribution in [1.29, 1.82) is 0 Å². The number of nitrogens with zero attached hydrogens (tertiary/aromatic N) is 1. The van der Waals surface area contributed by atoms with Crippen LogP contribution in [0.2, 0.25) is 5.02 Å². The van der Waals surface area contributed by atoms with Gasteiger partial charge in [-0.05, 0) is 40.5 Å². The third-order valence-electron chi connectivity index (χ3n) is 2.69. The molecule has 0 fully saturated rings. The third kappa shape index (κ3) is 2.64. The number of hydrogen-bond acceptors (Lipinski definition) is 3. The van der Waals surface area contributed by atoms with Crippen LogP contribution in [0.15, 0.2) is 22.7 Å². The molecule has 17 heavy (non-hydrogen) atoms. The van der Waals surface area contributed by atoms with E-state index in [0.717, 1.165) is 15.2 Å². The van der Waals surface area contributed by atoms with Crippen LogP contribution in [-0.2, 0) is 0 Å². The highest BCUT2D eigenvalue weighted by molar-refractivity contribution is 9.10. The largest absolute Gasteiger partial charge is 0.375 e. The highest BCUT2D eigenvalue weighted by Crippen LogP contribution is 2.35. The first-order chi connectivity index (χ1) is 7.99. The summed E-state index contributed by atoms with van der Waals surface area (Å²) in [7, 11) is 0. The fourth-order valence-electron chi connectivity index (χ4n) is 1.76. The van der Waals surface area contributed by atoms with E-state index in [1.54, 1.807) is 11.3 Å². The zero-order valence-corrected chi connectivity index (χ0v) is 12.7. The Hall–Kier alpha value is -0.580. The van der Waals surface area contributed by atoms with Gasteiger partial charge >= 0.3 is 0 Å². The number of anilines is 1. The Balaban J connectivity index is 2.40. The quantitative estimate of drug-likeness (QED) is 0.873. The molecule has 1 unspecified atom stereocenters. The number of thiazole rings is 1. The molecule has 2 N–H and O–H groups in total. The smallest absolute Gasteiger partial charge is 0.180 e. The first kappa shape index (κ1) is 12.9. The van der Waals surface area contributed by atoms with Gasteiger partial charge < -0.3 is 5.73 Å². The van der Waals surface area contributed by atoms with E-state index in [-0.39, 0.29) is 5.92 Å². The third-order valence-corrected chi connectivity index (χ3v) is 5.07. The molecule has 5 heteroatoms. The molecule has 2 aromatic rings. The molecule has 2 rings (SSSR count). The second-order valence-corrected chi connectivity index (χ2v) is 6.22. The molecular weight excluding hydrogens is 320 g/mol. The summed E-state index contributed by atoms with van der Waals surface area (Å²) in [4.78, 5) is 5.46. The summed E-state index contributed by atoms with van der Waals surface area (Å²) in [5.74, 6) is 0.276. The van der Waals surface area contributed by atoms with E-state index in [2.05, 4.69) is 27.8 Å². The molecule has 0 saturated heterocycles. The van der Waals surface area contributed by atoms with Gasteiger partial charge in [0.25, 0.3) is 0 Å². The lowest BCUT2D eigenvalue weighted by Crippen LogP contribution is -1.95. The minimum absolute atomic E-state index is 0.276. The van der Waals surface area contributed by atoms with Gasteiger partial charge in [-0.2, -0.15) is 0 Å². The molecule has 1 aromatic carbocycles. The van der Waals surface area contributed by atoms with Crippen molar-refractivity contribution in [3.05, 3.63) is 43.8 Å². The molecule has 0 aliphatic carbocycles. The molecule has 0 spiro atoms. The van der Waals surface area contributed by atoms with Crippen LogP contribution in [-0.4, -0.2) is 4.98 Å². The Morgan fingerprint density at radius 1 is 1.47 bits per heavy atom. The predicted molar refractivity (Wildman–Crippen MR) is 77.9 cm³/mol. The first-order valence-corrected chi connectivity index (χ1v) is 7.15. The van der Waals surface area contributed by atoms with E-state index in [0.29, 0.717) is 5.13 Å². The zero-order valence-electron chi connectivity index (χ0n) is 9.50. The number of hydrogen-bond donors (Lipinski definition) is 1. The van der Waals surface area contributed by atoms with Gasteiger partial charge in [-0.25, -0.2) is 4.98 Å². The normalized spacial score (nSPS) is 12.7. The molecule has 0 bridgehead atoms. The van der Waals surface area contributed by atoms with Crippen LogP contribution in [0, 0.1) is 6.92 Å². The van der Waals surface area contributed by atoms with Crippen LogP contribution in [0.25, 0.3) is 0 Å². The maximum atomic E-state index is 5.99. The molecule has 0 aliphatic rings. The van der Waals surface area contributed by atoms with E-state index >= 15 is 0 Å². The Morgan fingerprint density at radius 2 is 2.18 bits per heavy atom. The minimum atomic E-state index is 0.276. The van der Waals surface area contributed by atoms with Crippen molar-refractivity contribution in [1.82, 2.24) is 4.98 Å². The Bertz CT molecular complexity index is 553. The average molecular weight is 332 g/mol. The van der Waals surface area contributed by atoms with E-state index in [1.807, 2.05) is 25.1 Å². The summed E-state index contributed by atoms with van der Waals surface area (Å²) in [5.41, 5.74) is 7.93. The molecule has 0 amide bonds. The first-order valence-electron chi connectivity index (χ1n) is 5.16. The van der Waals surface area contributed by atoms with E-state index < -0.39 is 0 Å². The summed E-state index contributed by atoms with van der Waals surface area (Å²) in [6.07, 6.45) is 0. The Labute approximate surface area is 118 Å². The van der Waals surface area contributed by atoms with Gasteiger partial charge in [-0.3, -0.25) is 0 Å². The molecule has 90 valence electrons. The Kier molecular flexibility index (Phi) is 3.76. The molecule has 1 atom stereocenters. The Morgan fingerprint density at radius 3 is 2.71 bits per heavy atom. The van der Waals surface area contributed by atoms with Crippen molar-refractivity contribution < 1.29 is 0 Å². The highest BCUT2D eigenvalue weighted by atomic mass is 79.9. The number of nitrogens with two attached hydrogens (primary N) is 1. The van der Waals surface area contributed by atoms with Crippen molar-refractivity contribution in [3.63, 3.8) is 0 Å². The van der Waals surface area contributed by atoms with Gasteiger partial charge in [-0.1, -0.05) is 24.6 Å². The fourth-order valence-corrected chi connectivity index (χ4v) is 3.19. The van der Waals surface area contributed by atoms with Crippen molar-refractivity contribution in [2.75, 3.05) is 5.73 Å². The topological polar surface area (TPSA) is 38.9 Å². The van der Waals surface area contributed by atoms with Crippen molar-refractivity contribution in [2.45, 2.75) is 19.8 Å². The predicted octanol–water partition coefficient (Wildman–Crippen LogP) is 4.60. The fraction of sp³-hybridized carbons (Fsp3) is 0.250. The van der Waals surface area contributed by atoms with Crippen molar-refractivity contribution in [2.24, 2.45) is 0 Å². The van der Waals surface area contributed by atoms with Crippen molar-refractivity contribution in [3.8, 4) is 0 Å². The summed E-state index contributed by atoms with van der Waals surface area (Å²) in [5, 5.41) is 1.35. The maximum absolute atomic E-state index is 5.99. The number of aromatic nitrogens is 1. The minimum Gasteiger partial charge on any atom is -0.375 e. The monoisotopic (exact) mass is 330 g/mol. The van der Waals surface area contributed by atoms with E-state index in [4.69, 9.17) is 17.3 Å². The van der Waals surface area contributed by atoms with Crippen LogP contribution < -0.4 is 5.73 Å². The molecule has 0 saturated carbocycles.